The SMILES string of the molecule is COc1ccc(S(=O)(=O)Nc2cccc(C(=O)N3CCCC3)c2)cc1Cl. The predicted molar refractivity (Wildman–Crippen MR) is 100 cm³/mol. The molecule has 1 N–H and O–H groups in total. The van der Waals surface area contributed by atoms with Crippen LogP contribution in [0.3, 0.4) is 0 Å². The summed E-state index contributed by atoms with van der Waals surface area (Å²) in [6.45, 7) is 1.47. The number of rotatable bonds is 5. The van der Waals surface area contributed by atoms with E-state index in [9.17, 15) is 13.2 Å². The number of amides is 1. The Morgan fingerprint density at radius 1 is 1.15 bits per heavy atom. The van der Waals surface area contributed by atoms with Gasteiger partial charge in [0, 0.05) is 24.3 Å². The second-order valence-corrected chi connectivity index (χ2v) is 8.07. The number of sulfonamides is 1. The van der Waals surface area contributed by atoms with Crippen LogP contribution in [0, 0.1) is 0 Å². The minimum atomic E-state index is -3.84. The molecule has 0 aromatic heterocycles. The summed E-state index contributed by atoms with van der Waals surface area (Å²) in [5.74, 6) is 0.305. The first-order chi connectivity index (χ1) is 12.4. The van der Waals surface area contributed by atoms with Gasteiger partial charge in [-0.2, -0.15) is 0 Å². The summed E-state index contributed by atoms with van der Waals surface area (Å²) in [6, 6.07) is 10.7. The molecule has 0 saturated carbocycles. The molecule has 8 heteroatoms. The standard InChI is InChI=1S/C18H19ClN2O4S/c1-25-17-8-7-15(12-16(17)19)26(23,24)20-14-6-4-5-13(11-14)18(22)21-9-2-3-10-21/h4-8,11-12,20H,2-3,9-10H2,1H3. The van der Waals surface area contributed by atoms with Crippen LogP contribution in [-0.4, -0.2) is 39.4 Å². The Bertz CT molecular complexity index is 925. The highest BCUT2D eigenvalue weighted by molar-refractivity contribution is 7.92. The molecule has 3 rings (SSSR count). The van der Waals surface area contributed by atoms with Gasteiger partial charge in [-0.25, -0.2) is 8.42 Å². The number of methoxy groups -OCH3 is 1. The third-order valence-electron chi connectivity index (χ3n) is 4.19. The lowest BCUT2D eigenvalue weighted by Gasteiger charge is -2.16. The van der Waals surface area contributed by atoms with Crippen LogP contribution in [0.2, 0.25) is 5.02 Å². The third-order valence-corrected chi connectivity index (χ3v) is 5.86. The van der Waals surface area contributed by atoms with Crippen LogP contribution >= 0.6 is 11.6 Å². The number of hydrogen-bond donors (Lipinski definition) is 1. The van der Waals surface area contributed by atoms with Crippen LogP contribution in [0.25, 0.3) is 0 Å². The minimum Gasteiger partial charge on any atom is -0.495 e. The number of likely N-dealkylation sites (tertiary alicyclic amines) is 1. The van der Waals surface area contributed by atoms with E-state index in [1.807, 2.05) is 0 Å². The zero-order chi connectivity index (χ0) is 18.7. The Hall–Kier alpha value is -2.25. The van der Waals surface area contributed by atoms with Crippen LogP contribution < -0.4 is 9.46 Å². The first-order valence-electron chi connectivity index (χ1n) is 8.16. The lowest BCUT2D eigenvalue weighted by atomic mass is 10.2. The van der Waals surface area contributed by atoms with Gasteiger partial charge in [0.1, 0.15) is 5.75 Å². The molecule has 1 fully saturated rings. The number of anilines is 1. The van der Waals surface area contributed by atoms with Crippen LogP contribution in [0.15, 0.2) is 47.4 Å². The zero-order valence-electron chi connectivity index (χ0n) is 14.2. The summed E-state index contributed by atoms with van der Waals surface area (Å²) in [7, 11) is -2.38. The topological polar surface area (TPSA) is 75.7 Å². The summed E-state index contributed by atoms with van der Waals surface area (Å²) in [5, 5.41) is 0.202. The molecule has 1 aliphatic heterocycles. The first kappa shape index (κ1) is 18.5. The second-order valence-electron chi connectivity index (χ2n) is 5.98. The monoisotopic (exact) mass is 394 g/mol. The molecular weight excluding hydrogens is 376 g/mol. The minimum absolute atomic E-state index is 0.0135. The Morgan fingerprint density at radius 2 is 1.88 bits per heavy atom. The van der Waals surface area contributed by atoms with Crippen molar-refractivity contribution in [1.29, 1.82) is 0 Å². The Kier molecular flexibility index (Phi) is 5.38. The fourth-order valence-electron chi connectivity index (χ4n) is 2.85. The van der Waals surface area contributed by atoms with Gasteiger partial charge in [0.2, 0.25) is 0 Å². The zero-order valence-corrected chi connectivity index (χ0v) is 15.8. The van der Waals surface area contributed by atoms with E-state index in [1.54, 1.807) is 29.2 Å². The molecule has 1 aliphatic rings. The van der Waals surface area contributed by atoms with Gasteiger partial charge in [0.25, 0.3) is 15.9 Å². The van der Waals surface area contributed by atoms with Gasteiger partial charge in [-0.3, -0.25) is 9.52 Å². The van der Waals surface area contributed by atoms with Gasteiger partial charge in [-0.1, -0.05) is 17.7 Å². The Morgan fingerprint density at radius 3 is 2.54 bits per heavy atom. The maximum Gasteiger partial charge on any atom is 0.261 e. The largest absolute Gasteiger partial charge is 0.495 e. The molecule has 6 nitrogen and oxygen atoms in total. The number of carbonyl (C=O) groups is 1. The average Bonchev–Trinajstić information content (AvgIpc) is 3.15. The highest BCUT2D eigenvalue weighted by Crippen LogP contribution is 2.28. The average molecular weight is 395 g/mol. The number of halogens is 1. The van der Waals surface area contributed by atoms with E-state index in [-0.39, 0.29) is 15.8 Å². The maximum atomic E-state index is 12.6. The van der Waals surface area contributed by atoms with Crippen molar-refractivity contribution >= 4 is 33.2 Å². The molecule has 0 bridgehead atoms. The van der Waals surface area contributed by atoms with E-state index in [0.717, 1.165) is 25.9 Å². The van der Waals surface area contributed by atoms with Gasteiger partial charge >= 0.3 is 0 Å². The third kappa shape index (κ3) is 3.94. The van der Waals surface area contributed by atoms with Crippen LogP contribution in [0.1, 0.15) is 23.2 Å². The van der Waals surface area contributed by atoms with Crippen molar-refractivity contribution in [3.05, 3.63) is 53.1 Å². The highest BCUT2D eigenvalue weighted by Gasteiger charge is 2.21. The van der Waals surface area contributed by atoms with E-state index in [2.05, 4.69) is 4.72 Å². The molecule has 0 unspecified atom stereocenters. The molecule has 2 aromatic rings. The van der Waals surface area contributed by atoms with Crippen molar-refractivity contribution in [3.8, 4) is 5.75 Å². The number of carbonyl (C=O) groups excluding carboxylic acids is 1. The Balaban J connectivity index is 1.82. The molecule has 0 atom stereocenters. The van der Waals surface area contributed by atoms with Gasteiger partial charge in [-0.05, 0) is 49.2 Å². The molecular formula is C18H19ClN2O4S. The first-order valence-corrected chi connectivity index (χ1v) is 10.0. The lowest BCUT2D eigenvalue weighted by molar-refractivity contribution is 0.0793. The van der Waals surface area contributed by atoms with E-state index >= 15 is 0 Å². The smallest absolute Gasteiger partial charge is 0.261 e. The molecule has 0 spiro atoms. The van der Waals surface area contributed by atoms with Crippen molar-refractivity contribution in [3.63, 3.8) is 0 Å². The number of benzene rings is 2. The number of nitrogens with one attached hydrogen (secondary N) is 1. The fourth-order valence-corrected chi connectivity index (χ4v) is 4.24. The molecule has 0 aliphatic carbocycles. The molecule has 1 heterocycles. The summed E-state index contributed by atoms with van der Waals surface area (Å²) < 4.78 is 32.7. The van der Waals surface area contributed by atoms with Crippen LogP contribution in [0.4, 0.5) is 5.69 Å². The maximum absolute atomic E-state index is 12.6. The predicted octanol–water partition coefficient (Wildman–Crippen LogP) is 3.39. The van der Waals surface area contributed by atoms with Crippen molar-refractivity contribution in [1.82, 2.24) is 4.90 Å². The summed E-state index contributed by atoms with van der Waals surface area (Å²) in [6.07, 6.45) is 1.99. The lowest BCUT2D eigenvalue weighted by Crippen LogP contribution is -2.27. The highest BCUT2D eigenvalue weighted by atomic mass is 35.5. The van der Waals surface area contributed by atoms with Gasteiger partial charge in [0.15, 0.2) is 0 Å². The summed E-state index contributed by atoms with van der Waals surface area (Å²) >= 11 is 6.01. The van der Waals surface area contributed by atoms with Crippen LogP contribution in [0.5, 0.6) is 5.75 Å². The number of ether oxygens (including phenoxy) is 1. The van der Waals surface area contributed by atoms with E-state index in [0.29, 0.717) is 17.0 Å². The van der Waals surface area contributed by atoms with Gasteiger partial charge in [-0.15, -0.1) is 0 Å². The second kappa shape index (κ2) is 7.55. The van der Waals surface area contributed by atoms with Crippen molar-refractivity contribution in [2.45, 2.75) is 17.7 Å². The van der Waals surface area contributed by atoms with Crippen molar-refractivity contribution < 1.29 is 17.9 Å². The summed E-state index contributed by atoms with van der Waals surface area (Å²) in [5.41, 5.74) is 0.779. The van der Waals surface area contributed by atoms with Crippen LogP contribution in [-0.2, 0) is 10.0 Å². The molecule has 0 radical (unpaired) electrons. The Labute approximate surface area is 157 Å². The van der Waals surface area contributed by atoms with Crippen molar-refractivity contribution in [2.75, 3.05) is 24.9 Å². The van der Waals surface area contributed by atoms with E-state index < -0.39 is 10.0 Å². The molecule has 2 aromatic carbocycles. The number of nitrogens with zero attached hydrogens (tertiary/aromatic N) is 1. The van der Waals surface area contributed by atoms with E-state index in [1.165, 1.54) is 25.3 Å². The fraction of sp³-hybridized carbons (Fsp3) is 0.278. The van der Waals surface area contributed by atoms with E-state index in [4.69, 9.17) is 16.3 Å². The van der Waals surface area contributed by atoms with Crippen molar-refractivity contribution in [2.24, 2.45) is 0 Å². The molecule has 26 heavy (non-hydrogen) atoms. The number of hydrogen-bond acceptors (Lipinski definition) is 4. The normalized spacial score (nSPS) is 14.3. The summed E-state index contributed by atoms with van der Waals surface area (Å²) in [4.78, 5) is 14.3. The molecule has 138 valence electrons. The molecule has 1 saturated heterocycles. The van der Waals surface area contributed by atoms with Gasteiger partial charge in [0.05, 0.1) is 17.0 Å². The quantitative estimate of drug-likeness (QED) is 0.843. The molecule has 1 amide bonds. The van der Waals surface area contributed by atoms with Gasteiger partial charge < -0.3 is 9.64 Å².